The molecule has 0 bridgehead atoms. The van der Waals surface area contributed by atoms with Gasteiger partial charge < -0.3 is 33.8 Å². The number of aliphatic hydroxyl groups is 1. The zero-order valence-corrected chi connectivity index (χ0v) is 63.2. The molecule has 0 amide bonds. The largest absolute Gasteiger partial charge is 0.472 e. The molecule has 94 heavy (non-hydrogen) atoms. The van der Waals surface area contributed by atoms with Gasteiger partial charge in [0.05, 0.1) is 26.4 Å². The third-order valence-corrected chi connectivity index (χ3v) is 19.6. The Morgan fingerprint density at radius 1 is 0.309 bits per heavy atom. The van der Waals surface area contributed by atoms with E-state index in [2.05, 4.69) is 48.5 Å². The Kier molecular flexibility index (Phi) is 64.3. The van der Waals surface area contributed by atoms with Gasteiger partial charge in [0.25, 0.3) is 0 Å². The Labute approximate surface area is 575 Å². The van der Waals surface area contributed by atoms with Crippen molar-refractivity contribution in [1.82, 2.24) is 0 Å². The monoisotopic (exact) mass is 1380 g/mol. The molecule has 0 aliphatic carbocycles. The first-order valence-corrected chi connectivity index (χ1v) is 41.9. The smallest absolute Gasteiger partial charge is 0.462 e. The van der Waals surface area contributed by atoms with Gasteiger partial charge in [-0.1, -0.05) is 331 Å². The summed E-state index contributed by atoms with van der Waals surface area (Å²) in [7, 11) is -9.91. The molecule has 0 radical (unpaired) electrons. The van der Waals surface area contributed by atoms with Crippen LogP contribution in [0.5, 0.6) is 0 Å². The Hall–Kier alpha value is -1.94. The quantitative estimate of drug-likeness (QED) is 0.0222. The van der Waals surface area contributed by atoms with E-state index in [1.807, 2.05) is 0 Å². The molecule has 19 heteroatoms. The first kappa shape index (κ1) is 92.1. The molecule has 0 saturated carbocycles. The van der Waals surface area contributed by atoms with Crippen molar-refractivity contribution in [1.29, 1.82) is 0 Å². The van der Waals surface area contributed by atoms with Gasteiger partial charge in [0.15, 0.2) is 12.2 Å². The van der Waals surface area contributed by atoms with Gasteiger partial charge >= 0.3 is 39.5 Å². The second kappa shape index (κ2) is 65.7. The number of phosphoric ester groups is 2. The minimum Gasteiger partial charge on any atom is -0.462 e. The van der Waals surface area contributed by atoms with Gasteiger partial charge in [-0.2, -0.15) is 0 Å². The molecule has 0 aliphatic heterocycles. The van der Waals surface area contributed by atoms with Crippen LogP contribution in [-0.4, -0.2) is 96.7 Å². The summed E-state index contributed by atoms with van der Waals surface area (Å²) in [6, 6.07) is 0. The van der Waals surface area contributed by atoms with E-state index in [0.29, 0.717) is 31.6 Å². The Morgan fingerprint density at radius 2 is 0.543 bits per heavy atom. The van der Waals surface area contributed by atoms with Crippen molar-refractivity contribution >= 4 is 39.5 Å². The molecule has 0 saturated heterocycles. The number of ether oxygens (including phenoxy) is 4. The van der Waals surface area contributed by atoms with Crippen LogP contribution in [0.2, 0.25) is 0 Å². The standard InChI is InChI=1S/C75H146O17P2/c1-8-10-11-12-13-14-15-22-29-36-44-51-58-74(79)92-71(63-86-73(78)57-50-43-38-31-33-40-47-54-67(5)6)65-90-94(83,84)88-61-69(76)60-87-93(81,82)89-64-70(62-85-72(77)56-49-42-35-28-25-24-27-34-41-48-55-68(7)9-2)91-75(80)59-52-45-37-30-23-20-18-16-17-19-21-26-32-39-46-53-66(3)4/h66-71,76H,8-65H2,1-7H3,(H,81,82)(H,83,84)/t68?,69-,70-,71-/m1/s1. The van der Waals surface area contributed by atoms with E-state index in [1.54, 1.807) is 0 Å². The number of rotatable bonds is 73. The van der Waals surface area contributed by atoms with Crippen LogP contribution < -0.4 is 0 Å². The number of aliphatic hydroxyl groups excluding tert-OH is 1. The summed E-state index contributed by atoms with van der Waals surface area (Å²) in [6.45, 7) is 11.9. The van der Waals surface area contributed by atoms with Crippen LogP contribution in [0.3, 0.4) is 0 Å². The van der Waals surface area contributed by atoms with Crippen LogP contribution in [-0.2, 0) is 65.4 Å². The summed E-state index contributed by atoms with van der Waals surface area (Å²) in [5.74, 6) is 0.199. The van der Waals surface area contributed by atoms with Gasteiger partial charge in [0.1, 0.15) is 19.3 Å². The number of unbranched alkanes of at least 4 members (excludes halogenated alkanes) is 40. The summed E-state index contributed by atoms with van der Waals surface area (Å²) < 4.78 is 68.5. The zero-order valence-electron chi connectivity index (χ0n) is 61.4. The van der Waals surface area contributed by atoms with E-state index in [4.69, 9.17) is 37.0 Å². The van der Waals surface area contributed by atoms with Crippen molar-refractivity contribution in [3.63, 3.8) is 0 Å². The van der Waals surface area contributed by atoms with E-state index in [1.165, 1.54) is 186 Å². The van der Waals surface area contributed by atoms with E-state index >= 15 is 0 Å². The third-order valence-electron chi connectivity index (χ3n) is 17.7. The average molecular weight is 1380 g/mol. The van der Waals surface area contributed by atoms with E-state index < -0.39 is 97.5 Å². The summed E-state index contributed by atoms with van der Waals surface area (Å²) >= 11 is 0. The molecule has 3 N–H and O–H groups in total. The van der Waals surface area contributed by atoms with Crippen LogP contribution in [0.15, 0.2) is 0 Å². The van der Waals surface area contributed by atoms with Crippen molar-refractivity contribution in [3.05, 3.63) is 0 Å². The van der Waals surface area contributed by atoms with Gasteiger partial charge in [-0.3, -0.25) is 37.3 Å². The zero-order chi connectivity index (χ0) is 69.4. The highest BCUT2D eigenvalue weighted by atomic mass is 31.2. The van der Waals surface area contributed by atoms with Crippen LogP contribution in [0, 0.1) is 17.8 Å². The number of hydrogen-bond acceptors (Lipinski definition) is 15. The number of phosphoric acid groups is 2. The van der Waals surface area contributed by atoms with Crippen LogP contribution in [0.4, 0.5) is 0 Å². The van der Waals surface area contributed by atoms with Crippen molar-refractivity contribution < 1.29 is 80.2 Å². The topological polar surface area (TPSA) is 237 Å². The predicted octanol–water partition coefficient (Wildman–Crippen LogP) is 21.8. The maximum absolute atomic E-state index is 13.1. The van der Waals surface area contributed by atoms with E-state index in [0.717, 1.165) is 108 Å². The van der Waals surface area contributed by atoms with Gasteiger partial charge in [-0.15, -0.1) is 0 Å². The first-order valence-electron chi connectivity index (χ1n) is 38.9. The molecule has 17 nitrogen and oxygen atoms in total. The van der Waals surface area contributed by atoms with Gasteiger partial charge in [0.2, 0.25) is 0 Å². The van der Waals surface area contributed by atoms with Crippen LogP contribution >= 0.6 is 15.6 Å². The minimum absolute atomic E-state index is 0.106. The Balaban J connectivity index is 5.25. The number of hydrogen-bond donors (Lipinski definition) is 3. The Bertz CT molecular complexity index is 1840. The van der Waals surface area contributed by atoms with Crippen molar-refractivity contribution in [2.45, 2.75) is 401 Å². The summed E-state index contributed by atoms with van der Waals surface area (Å²) in [5, 5.41) is 10.6. The Morgan fingerprint density at radius 3 is 0.809 bits per heavy atom. The summed E-state index contributed by atoms with van der Waals surface area (Å²) in [6.07, 6.45) is 51.3. The fraction of sp³-hybridized carbons (Fsp3) is 0.947. The van der Waals surface area contributed by atoms with E-state index in [9.17, 15) is 43.2 Å². The van der Waals surface area contributed by atoms with Gasteiger partial charge in [-0.05, 0) is 43.4 Å². The normalized spacial score (nSPS) is 14.4. The van der Waals surface area contributed by atoms with Crippen molar-refractivity contribution in [2.75, 3.05) is 39.6 Å². The fourth-order valence-electron chi connectivity index (χ4n) is 11.4. The molecule has 0 aromatic carbocycles. The molecule has 6 atom stereocenters. The lowest BCUT2D eigenvalue weighted by Crippen LogP contribution is -2.30. The maximum atomic E-state index is 13.1. The molecule has 0 heterocycles. The number of esters is 4. The molecular weight excluding hydrogens is 1230 g/mol. The molecule has 0 aliphatic rings. The lowest BCUT2D eigenvalue weighted by molar-refractivity contribution is -0.161. The minimum atomic E-state index is -4.96. The molecule has 0 rings (SSSR count). The van der Waals surface area contributed by atoms with Crippen molar-refractivity contribution in [2.24, 2.45) is 17.8 Å². The van der Waals surface area contributed by atoms with Gasteiger partial charge in [-0.25, -0.2) is 9.13 Å². The maximum Gasteiger partial charge on any atom is 0.472 e. The second-order valence-corrected chi connectivity index (χ2v) is 31.1. The SMILES string of the molecule is CCCCCCCCCCCCCCC(=O)O[C@H](COC(=O)CCCCCCCCCC(C)C)COP(=O)(O)OC[C@H](O)COP(=O)(O)OC[C@@H](COC(=O)CCCCCCCCCCCCC(C)CC)OC(=O)CCCCCCCCCCCCCCCCCC(C)C. The predicted molar refractivity (Wildman–Crippen MR) is 381 cm³/mol. The number of carbonyl (C=O) groups is 4. The molecule has 3 unspecified atom stereocenters. The highest BCUT2D eigenvalue weighted by Crippen LogP contribution is 2.45. The van der Waals surface area contributed by atoms with E-state index in [-0.39, 0.29) is 25.7 Å². The fourth-order valence-corrected chi connectivity index (χ4v) is 13.0. The molecule has 0 aromatic heterocycles. The highest BCUT2D eigenvalue weighted by molar-refractivity contribution is 7.47. The first-order chi connectivity index (χ1) is 45.3. The lowest BCUT2D eigenvalue weighted by atomic mass is 9.99. The molecule has 0 spiro atoms. The van der Waals surface area contributed by atoms with Crippen LogP contribution in [0.1, 0.15) is 382 Å². The van der Waals surface area contributed by atoms with Crippen LogP contribution in [0.25, 0.3) is 0 Å². The molecular formula is C75H146O17P2. The highest BCUT2D eigenvalue weighted by Gasteiger charge is 2.30. The molecule has 558 valence electrons. The average Bonchev–Trinajstić information content (AvgIpc) is 1.67. The van der Waals surface area contributed by atoms with Gasteiger partial charge in [0, 0.05) is 25.7 Å². The summed E-state index contributed by atoms with van der Waals surface area (Å²) in [5.41, 5.74) is 0. The van der Waals surface area contributed by atoms with Crippen molar-refractivity contribution in [3.8, 4) is 0 Å². The molecule has 0 fully saturated rings. The number of carbonyl (C=O) groups excluding carboxylic acids is 4. The lowest BCUT2D eigenvalue weighted by Gasteiger charge is -2.21. The summed E-state index contributed by atoms with van der Waals surface area (Å²) in [4.78, 5) is 72.8. The molecule has 0 aromatic rings. The third kappa shape index (κ3) is 67.3. The second-order valence-electron chi connectivity index (χ2n) is 28.2.